The van der Waals surface area contributed by atoms with Crippen molar-refractivity contribution in [3.8, 4) is 0 Å². The Morgan fingerprint density at radius 1 is 1.12 bits per heavy atom. The second kappa shape index (κ2) is 8.09. The number of hydrogen-bond donors (Lipinski definition) is 0. The largest absolute Gasteiger partial charge is 0.335 e. The molecule has 0 aromatic heterocycles. The number of nitrogens with zero attached hydrogens (tertiary/aromatic N) is 2. The number of hydrogen-bond acceptors (Lipinski definition) is 3. The predicted octanol–water partition coefficient (Wildman–Crippen LogP) is 3.51. The van der Waals surface area contributed by atoms with Crippen LogP contribution in [0.2, 0.25) is 0 Å². The van der Waals surface area contributed by atoms with Crippen LogP contribution in [0.5, 0.6) is 0 Å². The van der Waals surface area contributed by atoms with Crippen LogP contribution in [0.15, 0.2) is 29.2 Å². The molecule has 1 saturated carbocycles. The second-order valence-electron chi connectivity index (χ2n) is 7.37. The molecular weight excluding hydrogens is 348 g/mol. The maximum Gasteiger partial charge on any atom is 0.254 e. The third kappa shape index (κ3) is 3.67. The zero-order valence-corrected chi connectivity index (χ0v) is 16.7. The number of likely N-dealkylation sites (tertiary alicyclic amines) is 1. The molecule has 1 aromatic rings. The number of sulfonamides is 1. The monoisotopic (exact) mass is 378 g/mol. The van der Waals surface area contributed by atoms with Gasteiger partial charge in [0, 0.05) is 31.2 Å². The van der Waals surface area contributed by atoms with Crippen molar-refractivity contribution in [1.29, 1.82) is 0 Å². The molecule has 1 saturated heterocycles. The van der Waals surface area contributed by atoms with Crippen molar-refractivity contribution in [2.45, 2.75) is 63.3 Å². The quantitative estimate of drug-likeness (QED) is 0.788. The van der Waals surface area contributed by atoms with Gasteiger partial charge in [0.15, 0.2) is 0 Å². The van der Waals surface area contributed by atoms with Crippen LogP contribution in [0.25, 0.3) is 0 Å². The number of rotatable bonds is 5. The lowest BCUT2D eigenvalue weighted by Gasteiger charge is -2.44. The van der Waals surface area contributed by atoms with Crippen molar-refractivity contribution in [1.82, 2.24) is 9.21 Å². The molecule has 2 aliphatic rings. The Hall–Kier alpha value is -1.40. The van der Waals surface area contributed by atoms with Gasteiger partial charge in [0.1, 0.15) is 0 Å². The van der Waals surface area contributed by atoms with E-state index < -0.39 is 10.0 Å². The summed E-state index contributed by atoms with van der Waals surface area (Å²) in [5.41, 5.74) is 0.490. The summed E-state index contributed by atoms with van der Waals surface area (Å²) in [6.45, 7) is 5.28. The van der Waals surface area contributed by atoms with Gasteiger partial charge in [0.05, 0.1) is 4.90 Å². The van der Waals surface area contributed by atoms with Crippen molar-refractivity contribution < 1.29 is 13.2 Å². The molecule has 1 aromatic carbocycles. The molecule has 0 radical (unpaired) electrons. The van der Waals surface area contributed by atoms with E-state index in [1.807, 2.05) is 18.7 Å². The van der Waals surface area contributed by atoms with Crippen molar-refractivity contribution in [3.63, 3.8) is 0 Å². The predicted molar refractivity (Wildman–Crippen MR) is 103 cm³/mol. The summed E-state index contributed by atoms with van der Waals surface area (Å²) in [4.78, 5) is 15.4. The zero-order valence-electron chi connectivity index (χ0n) is 15.9. The highest BCUT2D eigenvalue weighted by Crippen LogP contribution is 2.36. The van der Waals surface area contributed by atoms with Crippen LogP contribution in [0.3, 0.4) is 0 Å². The number of carbonyl (C=O) groups is 1. The molecule has 1 aliphatic carbocycles. The fourth-order valence-corrected chi connectivity index (χ4v) is 6.05. The topological polar surface area (TPSA) is 57.7 Å². The summed E-state index contributed by atoms with van der Waals surface area (Å²) in [5, 5.41) is 0. The van der Waals surface area contributed by atoms with Crippen LogP contribution < -0.4 is 0 Å². The van der Waals surface area contributed by atoms with E-state index in [0.29, 0.717) is 30.6 Å². The maximum absolute atomic E-state index is 13.2. The summed E-state index contributed by atoms with van der Waals surface area (Å²) >= 11 is 0. The summed E-state index contributed by atoms with van der Waals surface area (Å²) in [7, 11) is -3.55. The third-order valence-corrected chi connectivity index (χ3v) is 7.97. The molecule has 3 rings (SSSR count). The van der Waals surface area contributed by atoms with Gasteiger partial charge in [-0.25, -0.2) is 8.42 Å². The first-order chi connectivity index (χ1) is 12.5. The van der Waals surface area contributed by atoms with Crippen LogP contribution >= 0.6 is 0 Å². The van der Waals surface area contributed by atoms with Crippen LogP contribution in [-0.2, 0) is 10.0 Å². The Morgan fingerprint density at radius 3 is 2.54 bits per heavy atom. The molecule has 2 fully saturated rings. The van der Waals surface area contributed by atoms with Crippen LogP contribution in [-0.4, -0.2) is 49.2 Å². The van der Waals surface area contributed by atoms with Gasteiger partial charge in [-0.3, -0.25) is 4.79 Å². The lowest BCUT2D eigenvalue weighted by atomic mass is 9.78. The van der Waals surface area contributed by atoms with E-state index in [1.54, 1.807) is 24.3 Å². The van der Waals surface area contributed by atoms with Gasteiger partial charge in [0.2, 0.25) is 10.0 Å². The molecular formula is C20H30N2O3S. The van der Waals surface area contributed by atoms with Gasteiger partial charge in [-0.2, -0.15) is 4.31 Å². The van der Waals surface area contributed by atoms with Gasteiger partial charge in [-0.1, -0.05) is 32.8 Å². The van der Waals surface area contributed by atoms with E-state index in [9.17, 15) is 13.2 Å². The minimum atomic E-state index is -3.55. The molecule has 26 heavy (non-hydrogen) atoms. The lowest BCUT2D eigenvalue weighted by molar-refractivity contribution is 0.0390. The average Bonchev–Trinajstić information content (AvgIpc) is 2.68. The molecule has 1 amide bonds. The van der Waals surface area contributed by atoms with Crippen LogP contribution in [0, 0.1) is 5.92 Å². The van der Waals surface area contributed by atoms with Crippen molar-refractivity contribution in [2.75, 3.05) is 19.6 Å². The van der Waals surface area contributed by atoms with E-state index in [-0.39, 0.29) is 10.8 Å². The Morgan fingerprint density at radius 2 is 1.81 bits per heavy atom. The number of benzene rings is 1. The molecule has 1 heterocycles. The fourth-order valence-electron chi connectivity index (χ4n) is 4.54. The summed E-state index contributed by atoms with van der Waals surface area (Å²) in [6, 6.07) is 6.90. The van der Waals surface area contributed by atoms with Crippen LogP contribution in [0.1, 0.15) is 62.7 Å². The van der Waals surface area contributed by atoms with Crippen LogP contribution in [0.4, 0.5) is 0 Å². The minimum absolute atomic E-state index is 0.0156. The SMILES string of the molecule is CCN(CC)S(=O)(=O)c1cccc(C(=O)N2CCC[C@@H]3CCCC[C@@H]32)c1. The second-order valence-corrected chi connectivity index (χ2v) is 9.31. The highest BCUT2D eigenvalue weighted by molar-refractivity contribution is 7.89. The Kier molecular flexibility index (Phi) is 6.03. The number of piperidine rings is 1. The molecule has 2 atom stereocenters. The standard InChI is InChI=1S/C20H30N2O3S/c1-3-21(4-2)26(24,25)18-12-7-10-17(15-18)20(23)22-14-8-11-16-9-5-6-13-19(16)22/h7,10,12,15-16,19H,3-6,8-9,11,13-14H2,1-2H3/t16-,19-/m0/s1. The highest BCUT2D eigenvalue weighted by Gasteiger charge is 2.36. The first-order valence-corrected chi connectivity index (χ1v) is 11.3. The average molecular weight is 379 g/mol. The van der Waals surface area contributed by atoms with Gasteiger partial charge >= 0.3 is 0 Å². The van der Waals surface area contributed by atoms with Gasteiger partial charge in [-0.15, -0.1) is 0 Å². The number of amides is 1. The normalized spacial score (nSPS) is 23.7. The van der Waals surface area contributed by atoms with E-state index in [4.69, 9.17) is 0 Å². The molecule has 0 unspecified atom stereocenters. The first kappa shape index (κ1) is 19.4. The van der Waals surface area contributed by atoms with Crippen molar-refractivity contribution in [2.24, 2.45) is 5.92 Å². The molecule has 5 nitrogen and oxygen atoms in total. The molecule has 0 N–H and O–H groups in total. The fraction of sp³-hybridized carbons (Fsp3) is 0.650. The number of fused-ring (bicyclic) bond motifs is 1. The molecule has 6 heteroatoms. The summed E-state index contributed by atoms with van der Waals surface area (Å²) < 4.78 is 27.0. The van der Waals surface area contributed by atoms with E-state index in [0.717, 1.165) is 19.4 Å². The Bertz CT molecular complexity index is 741. The summed E-state index contributed by atoms with van der Waals surface area (Å²) in [5.74, 6) is 0.599. The van der Waals surface area contributed by atoms with E-state index >= 15 is 0 Å². The molecule has 0 bridgehead atoms. The summed E-state index contributed by atoms with van der Waals surface area (Å²) in [6.07, 6.45) is 7.00. The molecule has 144 valence electrons. The molecule has 1 aliphatic heterocycles. The molecule has 0 spiro atoms. The smallest absolute Gasteiger partial charge is 0.254 e. The van der Waals surface area contributed by atoms with E-state index in [2.05, 4.69) is 0 Å². The zero-order chi connectivity index (χ0) is 18.7. The maximum atomic E-state index is 13.2. The Balaban J connectivity index is 1.86. The third-order valence-electron chi connectivity index (χ3n) is 5.93. The van der Waals surface area contributed by atoms with Gasteiger partial charge in [0.25, 0.3) is 5.91 Å². The number of carbonyl (C=O) groups excluding carboxylic acids is 1. The van der Waals surface area contributed by atoms with Crippen molar-refractivity contribution in [3.05, 3.63) is 29.8 Å². The lowest BCUT2D eigenvalue weighted by Crippen LogP contribution is -2.49. The Labute approximate surface area is 157 Å². The van der Waals surface area contributed by atoms with Gasteiger partial charge < -0.3 is 4.90 Å². The highest BCUT2D eigenvalue weighted by atomic mass is 32.2. The van der Waals surface area contributed by atoms with E-state index in [1.165, 1.54) is 30.0 Å². The minimum Gasteiger partial charge on any atom is -0.335 e. The van der Waals surface area contributed by atoms with Gasteiger partial charge in [-0.05, 0) is 49.8 Å². The van der Waals surface area contributed by atoms with Crippen molar-refractivity contribution >= 4 is 15.9 Å². The first-order valence-electron chi connectivity index (χ1n) is 9.90.